The maximum Gasteiger partial charge on any atom is 0.187 e. The number of carboxylic acid groups (broad SMARTS) is 1. The van der Waals surface area contributed by atoms with Crippen molar-refractivity contribution in [1.82, 2.24) is 0 Å². The molecule has 0 radical (unpaired) electrons. The molecule has 1 saturated heterocycles. The summed E-state index contributed by atoms with van der Waals surface area (Å²) < 4.78 is 11.3. The van der Waals surface area contributed by atoms with E-state index < -0.39 is 36.7 Å². The number of fused-ring (bicyclic) bond motifs is 5. The number of rotatable bonds is 3. The molecular weight excluding hydrogens is 428 g/mol. The van der Waals surface area contributed by atoms with Crippen molar-refractivity contribution < 1.29 is 39.8 Å². The van der Waals surface area contributed by atoms with Crippen LogP contribution in [-0.2, 0) is 14.3 Å². The lowest BCUT2D eigenvalue weighted by molar-refractivity contribution is -0.354. The summed E-state index contributed by atoms with van der Waals surface area (Å²) >= 11 is 0. The van der Waals surface area contributed by atoms with Crippen LogP contribution in [0.4, 0.5) is 0 Å². The van der Waals surface area contributed by atoms with Gasteiger partial charge >= 0.3 is 0 Å². The Balaban J connectivity index is 1.26. The van der Waals surface area contributed by atoms with Crippen molar-refractivity contribution in [3.05, 3.63) is 0 Å². The summed E-state index contributed by atoms with van der Waals surface area (Å²) in [5.41, 5.74) is 0.285. The van der Waals surface area contributed by atoms with Crippen LogP contribution in [0.25, 0.3) is 0 Å². The van der Waals surface area contributed by atoms with Gasteiger partial charge in [-0.3, -0.25) is 0 Å². The minimum atomic E-state index is -1.76. The molecule has 4 N–H and O–H groups in total. The summed E-state index contributed by atoms with van der Waals surface area (Å²) in [6, 6.07) is 0. The van der Waals surface area contributed by atoms with Crippen LogP contribution in [0.15, 0.2) is 0 Å². The van der Waals surface area contributed by atoms with Crippen molar-refractivity contribution in [3.63, 3.8) is 0 Å². The van der Waals surface area contributed by atoms with Crippen molar-refractivity contribution in [2.24, 2.45) is 34.5 Å². The second-order valence-corrected chi connectivity index (χ2v) is 12.0. The first-order chi connectivity index (χ1) is 15.6. The molecule has 1 heterocycles. The maximum absolute atomic E-state index is 11.3. The first-order valence-electron chi connectivity index (χ1n) is 12.8. The zero-order chi connectivity index (χ0) is 23.7. The number of hydrogen-bond acceptors (Lipinski definition) is 8. The van der Waals surface area contributed by atoms with Crippen LogP contribution in [0.5, 0.6) is 0 Å². The van der Waals surface area contributed by atoms with E-state index in [4.69, 9.17) is 9.47 Å². The van der Waals surface area contributed by atoms with Gasteiger partial charge in [-0.05, 0) is 92.3 Å². The fourth-order valence-electron chi connectivity index (χ4n) is 8.66. The molecule has 5 fully saturated rings. The molecule has 1 aliphatic heterocycles. The number of ether oxygens (including phenoxy) is 2. The maximum atomic E-state index is 11.3. The minimum Gasteiger partial charge on any atom is -0.547 e. The summed E-state index contributed by atoms with van der Waals surface area (Å²) in [5.74, 6) is 0.762. The van der Waals surface area contributed by atoms with Gasteiger partial charge in [0.05, 0.1) is 18.2 Å². The number of aliphatic carboxylic acids is 1. The number of aliphatic hydroxyl groups excluding tert-OH is 4. The minimum absolute atomic E-state index is 0.0695. The molecule has 0 aromatic rings. The highest BCUT2D eigenvalue weighted by molar-refractivity contribution is 5.71. The number of hydrogen-bond donors (Lipinski definition) is 4. The van der Waals surface area contributed by atoms with Gasteiger partial charge in [0.25, 0.3) is 0 Å². The van der Waals surface area contributed by atoms with Crippen molar-refractivity contribution in [3.8, 4) is 0 Å². The van der Waals surface area contributed by atoms with E-state index in [0.29, 0.717) is 23.7 Å². The summed E-state index contributed by atoms with van der Waals surface area (Å²) in [6.07, 6.45) is 0.800. The number of aliphatic hydroxyl groups is 4. The van der Waals surface area contributed by atoms with Gasteiger partial charge < -0.3 is 39.8 Å². The lowest BCUT2D eigenvalue weighted by atomic mass is 9.45. The highest BCUT2D eigenvalue weighted by atomic mass is 16.7. The molecule has 8 nitrogen and oxygen atoms in total. The van der Waals surface area contributed by atoms with Crippen LogP contribution in [0.3, 0.4) is 0 Å². The molecule has 13 atom stereocenters. The quantitative estimate of drug-likeness (QED) is 0.436. The Morgan fingerprint density at radius 1 is 0.879 bits per heavy atom. The molecule has 4 saturated carbocycles. The molecule has 5 rings (SSSR count). The van der Waals surface area contributed by atoms with Crippen LogP contribution in [0, 0.1) is 34.5 Å². The molecule has 0 amide bonds. The van der Waals surface area contributed by atoms with E-state index in [1.165, 1.54) is 6.42 Å². The molecule has 4 aliphatic carbocycles. The summed E-state index contributed by atoms with van der Waals surface area (Å²) in [7, 11) is 0. The van der Waals surface area contributed by atoms with Crippen molar-refractivity contribution >= 4 is 5.97 Å². The Bertz CT molecular complexity index is 761. The van der Waals surface area contributed by atoms with E-state index in [9.17, 15) is 30.3 Å². The molecule has 0 aromatic carbocycles. The molecule has 0 aromatic heterocycles. The fourth-order valence-corrected chi connectivity index (χ4v) is 8.66. The van der Waals surface area contributed by atoms with E-state index in [1.54, 1.807) is 0 Å². The van der Waals surface area contributed by atoms with E-state index in [0.717, 1.165) is 51.4 Å². The Labute approximate surface area is 195 Å². The number of carbonyl (C=O) groups excluding carboxylic acids is 1. The van der Waals surface area contributed by atoms with Gasteiger partial charge in [-0.1, -0.05) is 13.8 Å². The van der Waals surface area contributed by atoms with E-state index in [1.807, 2.05) is 0 Å². The van der Waals surface area contributed by atoms with Gasteiger partial charge in [-0.25, -0.2) is 0 Å². The average molecular weight is 468 g/mol. The van der Waals surface area contributed by atoms with Gasteiger partial charge in [0.1, 0.15) is 24.4 Å². The Morgan fingerprint density at radius 3 is 2.30 bits per heavy atom. The van der Waals surface area contributed by atoms with Gasteiger partial charge in [0, 0.05) is 0 Å². The van der Waals surface area contributed by atoms with Crippen LogP contribution >= 0.6 is 0 Å². The normalized spacial score (nSPS) is 56.5. The van der Waals surface area contributed by atoms with E-state index >= 15 is 0 Å². The highest BCUT2D eigenvalue weighted by Gasteiger charge is 2.60. The average Bonchev–Trinajstić information content (AvgIpc) is 3.08. The molecule has 33 heavy (non-hydrogen) atoms. The molecule has 0 spiro atoms. The van der Waals surface area contributed by atoms with Crippen molar-refractivity contribution in [2.45, 2.75) is 115 Å². The van der Waals surface area contributed by atoms with E-state index in [2.05, 4.69) is 13.8 Å². The van der Waals surface area contributed by atoms with Crippen LogP contribution in [0.2, 0.25) is 0 Å². The fraction of sp³-hybridized carbons (Fsp3) is 0.960. The lowest BCUT2D eigenvalue weighted by Gasteiger charge is -2.61. The number of carboxylic acids is 1. The topological polar surface area (TPSA) is 140 Å². The van der Waals surface area contributed by atoms with Gasteiger partial charge in [0.2, 0.25) is 0 Å². The van der Waals surface area contributed by atoms with Crippen LogP contribution in [-0.4, -0.2) is 69.3 Å². The Hall–Kier alpha value is -0.770. The molecule has 188 valence electrons. The first kappa shape index (κ1) is 23.9. The zero-order valence-electron chi connectivity index (χ0n) is 19.6. The molecule has 5 aliphatic rings. The highest BCUT2D eigenvalue weighted by Crippen LogP contribution is 2.66. The first-order valence-corrected chi connectivity index (χ1v) is 12.8. The standard InChI is InChI=1S/C25H40O8/c1-24-9-7-13(32-23-20(29)18(27)19(28)21(33-23)22(30)31)11-12(24)3-4-14-15-5-6-17(26)25(15,2)10-8-16(14)24/h12-21,23,26-29H,3-11H2,1-2H3,(H,30,31)/p-1/t12-,13+,14-,15-,16-,17-,18-,19-,20+,21-,23+,24-,25-/m0/s1. The molecule has 0 bridgehead atoms. The monoisotopic (exact) mass is 467 g/mol. The Kier molecular flexibility index (Phi) is 6.11. The van der Waals surface area contributed by atoms with Gasteiger partial charge in [0.15, 0.2) is 6.29 Å². The predicted molar refractivity (Wildman–Crippen MR) is 114 cm³/mol. The van der Waals surface area contributed by atoms with E-state index in [-0.39, 0.29) is 23.0 Å². The third kappa shape index (κ3) is 3.67. The number of carbonyl (C=O) groups is 1. The predicted octanol–water partition coefficient (Wildman–Crippen LogP) is 0.333. The van der Waals surface area contributed by atoms with Crippen molar-refractivity contribution in [1.29, 1.82) is 0 Å². The lowest BCUT2D eigenvalue weighted by Crippen LogP contribution is -2.63. The summed E-state index contributed by atoms with van der Waals surface area (Å²) in [6.45, 7) is 4.72. The smallest absolute Gasteiger partial charge is 0.187 e. The van der Waals surface area contributed by atoms with Gasteiger partial charge in [-0.15, -0.1) is 0 Å². The Morgan fingerprint density at radius 2 is 1.58 bits per heavy atom. The summed E-state index contributed by atoms with van der Waals surface area (Å²) in [5, 5.41) is 52.2. The molecule has 0 unspecified atom stereocenters. The molecular formula is C25H39O8-. The molecule has 8 heteroatoms. The van der Waals surface area contributed by atoms with Crippen LogP contribution in [0.1, 0.15) is 71.6 Å². The van der Waals surface area contributed by atoms with Gasteiger partial charge in [-0.2, -0.15) is 0 Å². The van der Waals surface area contributed by atoms with Crippen LogP contribution < -0.4 is 5.11 Å². The third-order valence-electron chi connectivity index (χ3n) is 10.7. The SMILES string of the molecule is C[C@]12CC[C@@H](O[C@@H]3O[C@H](C(=O)[O-])[C@@H](O)[C@H](O)[C@H]3O)C[C@@H]1CC[C@@H]1[C@@H]2CC[C@]2(C)[C@@H](O)CC[C@@H]12. The largest absolute Gasteiger partial charge is 0.547 e. The second-order valence-electron chi connectivity index (χ2n) is 12.0. The second kappa shape index (κ2) is 8.42. The third-order valence-corrected chi connectivity index (χ3v) is 10.7. The van der Waals surface area contributed by atoms with Crippen molar-refractivity contribution in [2.75, 3.05) is 0 Å². The summed E-state index contributed by atoms with van der Waals surface area (Å²) in [4.78, 5) is 11.3. The zero-order valence-corrected chi connectivity index (χ0v) is 19.6.